The van der Waals surface area contributed by atoms with Crippen LogP contribution in [0.1, 0.15) is 11.5 Å². The van der Waals surface area contributed by atoms with Crippen LogP contribution >= 0.6 is 12.4 Å². The van der Waals surface area contributed by atoms with Gasteiger partial charge in [0.1, 0.15) is 11.5 Å². The summed E-state index contributed by atoms with van der Waals surface area (Å²) in [5.41, 5.74) is 0. The third-order valence-corrected chi connectivity index (χ3v) is 1.60. The van der Waals surface area contributed by atoms with Crippen molar-refractivity contribution in [2.45, 2.75) is 13.3 Å². The highest BCUT2D eigenvalue weighted by atomic mass is 35.5. The fourth-order valence-electron chi connectivity index (χ4n) is 0.953. The lowest BCUT2D eigenvalue weighted by atomic mass is 10.3. The summed E-state index contributed by atoms with van der Waals surface area (Å²) in [7, 11) is 4.13. The van der Waals surface area contributed by atoms with Crippen molar-refractivity contribution in [1.29, 1.82) is 0 Å². The van der Waals surface area contributed by atoms with Gasteiger partial charge in [-0.05, 0) is 33.2 Å². The maximum Gasteiger partial charge on any atom is 0.105 e. The Morgan fingerprint density at radius 2 is 2.00 bits per heavy atom. The van der Waals surface area contributed by atoms with Crippen molar-refractivity contribution in [3.8, 4) is 0 Å². The normalized spacial score (nSPS) is 10.0. The summed E-state index contributed by atoms with van der Waals surface area (Å²) in [6, 6.07) is 4.05. The molecule has 0 atom stereocenters. The molecule has 1 aromatic heterocycles. The maximum absolute atomic E-state index is 5.41. The quantitative estimate of drug-likeness (QED) is 0.725. The van der Waals surface area contributed by atoms with E-state index >= 15 is 0 Å². The van der Waals surface area contributed by atoms with Gasteiger partial charge < -0.3 is 9.32 Å². The van der Waals surface area contributed by atoms with E-state index in [1.54, 1.807) is 0 Å². The summed E-state index contributed by atoms with van der Waals surface area (Å²) in [4.78, 5) is 2.15. The van der Waals surface area contributed by atoms with Crippen molar-refractivity contribution in [2.75, 3.05) is 20.6 Å². The number of hydrogen-bond acceptors (Lipinski definition) is 2. The first-order valence-electron chi connectivity index (χ1n) is 3.88. The first kappa shape index (κ1) is 11.5. The van der Waals surface area contributed by atoms with Crippen LogP contribution in [0.4, 0.5) is 0 Å². The molecule has 1 heterocycles. The zero-order valence-electron chi connectivity index (χ0n) is 7.83. The lowest BCUT2D eigenvalue weighted by Crippen LogP contribution is -2.14. The van der Waals surface area contributed by atoms with Crippen molar-refractivity contribution in [3.63, 3.8) is 0 Å². The van der Waals surface area contributed by atoms with E-state index in [1.807, 2.05) is 19.1 Å². The third-order valence-electron chi connectivity index (χ3n) is 1.60. The molecule has 2 nitrogen and oxygen atoms in total. The predicted octanol–water partition coefficient (Wildman–Crippen LogP) is 2.11. The molecule has 3 heteroatoms. The molecular formula is C9H16ClNO. The van der Waals surface area contributed by atoms with E-state index in [-0.39, 0.29) is 12.4 Å². The van der Waals surface area contributed by atoms with Crippen LogP contribution in [0.15, 0.2) is 16.5 Å². The molecule has 1 rings (SSSR count). The largest absolute Gasteiger partial charge is 0.466 e. The monoisotopic (exact) mass is 189 g/mol. The molecule has 0 bridgehead atoms. The summed E-state index contributed by atoms with van der Waals surface area (Å²) in [6.07, 6.45) is 1.00. The van der Waals surface area contributed by atoms with Gasteiger partial charge in [0.05, 0.1) is 0 Å². The molecule has 1 aromatic rings. The van der Waals surface area contributed by atoms with Crippen molar-refractivity contribution < 1.29 is 4.42 Å². The Bertz CT molecular complexity index is 220. The molecular weight excluding hydrogens is 174 g/mol. The molecule has 70 valence electrons. The van der Waals surface area contributed by atoms with E-state index < -0.39 is 0 Å². The smallest absolute Gasteiger partial charge is 0.105 e. The summed E-state index contributed by atoms with van der Waals surface area (Å²) >= 11 is 0. The molecule has 12 heavy (non-hydrogen) atoms. The highest BCUT2D eigenvalue weighted by molar-refractivity contribution is 5.85. The van der Waals surface area contributed by atoms with Crippen LogP contribution in [0, 0.1) is 6.92 Å². The molecule has 0 spiro atoms. The van der Waals surface area contributed by atoms with Crippen LogP contribution in [-0.4, -0.2) is 25.5 Å². The van der Waals surface area contributed by atoms with Crippen LogP contribution in [0.25, 0.3) is 0 Å². The Labute approximate surface area is 80.0 Å². The molecule has 0 saturated carbocycles. The number of halogens is 1. The lowest BCUT2D eigenvalue weighted by Gasteiger charge is -2.06. The van der Waals surface area contributed by atoms with Gasteiger partial charge in [-0.2, -0.15) is 0 Å². The first-order valence-corrected chi connectivity index (χ1v) is 3.88. The van der Waals surface area contributed by atoms with Gasteiger partial charge in [-0.3, -0.25) is 0 Å². The second kappa shape index (κ2) is 5.22. The molecule has 0 unspecified atom stereocenters. The van der Waals surface area contributed by atoms with Crippen molar-refractivity contribution in [1.82, 2.24) is 4.90 Å². The number of rotatable bonds is 3. The lowest BCUT2D eigenvalue weighted by molar-refractivity contribution is 0.386. The average Bonchev–Trinajstić information content (AvgIpc) is 2.31. The molecule has 0 amide bonds. The fraction of sp³-hybridized carbons (Fsp3) is 0.556. The average molecular weight is 190 g/mol. The Kier molecular flexibility index (Phi) is 5.02. The van der Waals surface area contributed by atoms with Gasteiger partial charge >= 0.3 is 0 Å². The SMILES string of the molecule is Cc1ccc(CCN(C)C)o1.Cl. The maximum atomic E-state index is 5.41. The summed E-state index contributed by atoms with van der Waals surface area (Å²) in [6.45, 7) is 3.02. The second-order valence-corrected chi connectivity index (χ2v) is 3.07. The Morgan fingerprint density at radius 1 is 1.33 bits per heavy atom. The van der Waals surface area contributed by atoms with Crippen molar-refractivity contribution >= 4 is 12.4 Å². The van der Waals surface area contributed by atoms with E-state index in [4.69, 9.17) is 4.42 Å². The Morgan fingerprint density at radius 3 is 2.42 bits per heavy atom. The van der Waals surface area contributed by atoms with Crippen LogP contribution in [-0.2, 0) is 6.42 Å². The van der Waals surface area contributed by atoms with Gasteiger partial charge in [0.25, 0.3) is 0 Å². The summed E-state index contributed by atoms with van der Waals surface area (Å²) in [5, 5.41) is 0. The number of likely N-dealkylation sites (N-methyl/N-ethyl adjacent to an activating group) is 1. The molecule has 0 N–H and O–H groups in total. The van der Waals surface area contributed by atoms with E-state index in [1.165, 1.54) is 0 Å². The fourth-order valence-corrected chi connectivity index (χ4v) is 0.953. The molecule has 0 fully saturated rings. The van der Waals surface area contributed by atoms with Crippen LogP contribution in [0.5, 0.6) is 0 Å². The Hall–Kier alpha value is -0.470. The topological polar surface area (TPSA) is 16.4 Å². The van der Waals surface area contributed by atoms with E-state index in [0.717, 1.165) is 24.5 Å². The van der Waals surface area contributed by atoms with E-state index in [2.05, 4.69) is 19.0 Å². The highest BCUT2D eigenvalue weighted by Crippen LogP contribution is 2.06. The van der Waals surface area contributed by atoms with Crippen LogP contribution < -0.4 is 0 Å². The molecule has 0 radical (unpaired) electrons. The Balaban J connectivity index is 0.00000121. The van der Waals surface area contributed by atoms with Crippen LogP contribution in [0.2, 0.25) is 0 Å². The molecule has 0 aromatic carbocycles. The van der Waals surface area contributed by atoms with Crippen molar-refractivity contribution in [3.05, 3.63) is 23.7 Å². The van der Waals surface area contributed by atoms with E-state index in [0.29, 0.717) is 0 Å². The van der Waals surface area contributed by atoms with Gasteiger partial charge in [-0.1, -0.05) is 0 Å². The zero-order valence-corrected chi connectivity index (χ0v) is 8.65. The molecule has 0 aliphatic heterocycles. The molecule has 0 aliphatic rings. The summed E-state index contributed by atoms with van der Waals surface area (Å²) in [5.74, 6) is 2.08. The van der Waals surface area contributed by atoms with Gasteiger partial charge in [0.15, 0.2) is 0 Å². The van der Waals surface area contributed by atoms with Gasteiger partial charge in [-0.25, -0.2) is 0 Å². The third kappa shape index (κ3) is 3.79. The molecule has 0 saturated heterocycles. The number of nitrogens with zero attached hydrogens (tertiary/aromatic N) is 1. The molecule has 0 aliphatic carbocycles. The van der Waals surface area contributed by atoms with Gasteiger partial charge in [0, 0.05) is 13.0 Å². The minimum absolute atomic E-state index is 0. The van der Waals surface area contributed by atoms with Gasteiger partial charge in [0.2, 0.25) is 0 Å². The minimum Gasteiger partial charge on any atom is -0.466 e. The van der Waals surface area contributed by atoms with Crippen LogP contribution in [0.3, 0.4) is 0 Å². The minimum atomic E-state index is 0. The predicted molar refractivity (Wildman–Crippen MR) is 53.0 cm³/mol. The first-order chi connectivity index (χ1) is 5.18. The van der Waals surface area contributed by atoms with Gasteiger partial charge in [-0.15, -0.1) is 12.4 Å². The standard InChI is InChI=1S/C9H15NO.ClH/c1-8-4-5-9(11-8)6-7-10(2)3;/h4-5H,6-7H2,1-3H3;1H. The number of hydrogen-bond donors (Lipinski definition) is 0. The van der Waals surface area contributed by atoms with E-state index in [9.17, 15) is 0 Å². The highest BCUT2D eigenvalue weighted by Gasteiger charge is 1.98. The summed E-state index contributed by atoms with van der Waals surface area (Å²) < 4.78 is 5.41. The second-order valence-electron chi connectivity index (χ2n) is 3.07. The number of furan rings is 1. The van der Waals surface area contributed by atoms with Crippen molar-refractivity contribution in [2.24, 2.45) is 0 Å². The number of aryl methyl sites for hydroxylation is 1. The zero-order chi connectivity index (χ0) is 8.27.